The molecule has 0 saturated carbocycles. The Morgan fingerprint density at radius 2 is 1.55 bits per heavy atom. The van der Waals surface area contributed by atoms with Crippen LogP contribution in [-0.2, 0) is 20.7 Å². The second-order valence-electron chi connectivity index (χ2n) is 7.15. The van der Waals surface area contributed by atoms with Gasteiger partial charge >= 0.3 is 5.97 Å². The van der Waals surface area contributed by atoms with E-state index in [1.165, 1.54) is 0 Å². The van der Waals surface area contributed by atoms with Crippen molar-refractivity contribution in [2.24, 2.45) is 5.92 Å². The highest BCUT2D eigenvalue weighted by atomic mass is 16.5. The first kappa shape index (κ1) is 25.7. The fraction of sp³-hybridized carbons (Fsp3) is 0.400. The molecule has 1 atom stereocenters. The summed E-state index contributed by atoms with van der Waals surface area (Å²) >= 11 is 0. The first-order valence-electron chi connectivity index (χ1n) is 11.1. The number of ether oxygens (including phenoxy) is 3. The van der Waals surface area contributed by atoms with E-state index in [1.54, 1.807) is 25.1 Å². The van der Waals surface area contributed by atoms with Gasteiger partial charge in [0.25, 0.3) is 5.91 Å². The third-order valence-corrected chi connectivity index (χ3v) is 4.71. The topological polar surface area (TPSA) is 103 Å². The highest BCUT2D eigenvalue weighted by molar-refractivity contribution is 5.97. The fourth-order valence-corrected chi connectivity index (χ4v) is 3.15. The standard InChI is InChI=1S/C25H32N2O6/c1-4-31-21-13-12-19(15-22(21)32-5-2)24(29)27-17-23(28)26-16-20(25(30)33-6-3)14-18-10-8-7-9-11-18/h7-13,15,20H,4-6,14,16-17H2,1-3H3,(H,26,28)(H,27,29). The number of carbonyl (C=O) groups excluding carboxylic acids is 3. The summed E-state index contributed by atoms with van der Waals surface area (Å²) in [5, 5.41) is 5.29. The van der Waals surface area contributed by atoms with Crippen LogP contribution in [0.25, 0.3) is 0 Å². The molecule has 33 heavy (non-hydrogen) atoms. The minimum absolute atomic E-state index is 0.111. The predicted molar refractivity (Wildman–Crippen MR) is 124 cm³/mol. The van der Waals surface area contributed by atoms with Gasteiger partial charge < -0.3 is 24.8 Å². The molecule has 0 aliphatic carbocycles. The Morgan fingerprint density at radius 1 is 0.848 bits per heavy atom. The van der Waals surface area contributed by atoms with Crippen LogP contribution in [-0.4, -0.2) is 50.7 Å². The Labute approximate surface area is 194 Å². The summed E-state index contributed by atoms with van der Waals surface area (Å²) in [4.78, 5) is 37.1. The van der Waals surface area contributed by atoms with Gasteiger partial charge in [-0.3, -0.25) is 14.4 Å². The van der Waals surface area contributed by atoms with Crippen LogP contribution in [0, 0.1) is 5.92 Å². The highest BCUT2D eigenvalue weighted by Gasteiger charge is 2.21. The molecule has 0 heterocycles. The molecule has 0 aliphatic rings. The predicted octanol–water partition coefficient (Wildman–Crippen LogP) is 2.75. The normalized spacial score (nSPS) is 11.2. The maximum atomic E-state index is 12.5. The van der Waals surface area contributed by atoms with Crippen molar-refractivity contribution in [1.82, 2.24) is 10.6 Å². The molecule has 0 saturated heterocycles. The zero-order valence-electron chi connectivity index (χ0n) is 19.4. The number of carbonyl (C=O) groups is 3. The molecular formula is C25H32N2O6. The van der Waals surface area contributed by atoms with Crippen molar-refractivity contribution < 1.29 is 28.6 Å². The SMILES string of the molecule is CCOC(=O)C(CNC(=O)CNC(=O)c1ccc(OCC)c(OCC)c1)Cc1ccccc1. The minimum Gasteiger partial charge on any atom is -0.490 e. The van der Waals surface area contributed by atoms with Crippen LogP contribution in [0.15, 0.2) is 48.5 Å². The minimum atomic E-state index is -0.521. The lowest BCUT2D eigenvalue weighted by molar-refractivity contribution is -0.147. The van der Waals surface area contributed by atoms with Crippen LogP contribution in [0.2, 0.25) is 0 Å². The maximum absolute atomic E-state index is 12.5. The van der Waals surface area contributed by atoms with E-state index in [9.17, 15) is 14.4 Å². The molecule has 8 heteroatoms. The van der Waals surface area contributed by atoms with Gasteiger partial charge in [0.05, 0.1) is 32.3 Å². The molecular weight excluding hydrogens is 424 g/mol. The molecule has 2 rings (SSSR count). The van der Waals surface area contributed by atoms with E-state index < -0.39 is 17.7 Å². The number of esters is 1. The van der Waals surface area contributed by atoms with Crippen LogP contribution >= 0.6 is 0 Å². The quantitative estimate of drug-likeness (QED) is 0.450. The van der Waals surface area contributed by atoms with Gasteiger partial charge in [-0.2, -0.15) is 0 Å². The summed E-state index contributed by atoms with van der Waals surface area (Å²) in [6.45, 7) is 6.50. The Kier molecular flexibility index (Phi) is 10.7. The number of hydrogen-bond donors (Lipinski definition) is 2. The summed E-state index contributed by atoms with van der Waals surface area (Å²) in [5.41, 5.74) is 1.32. The number of nitrogens with one attached hydrogen (secondary N) is 2. The molecule has 0 fully saturated rings. The summed E-state index contributed by atoms with van der Waals surface area (Å²) in [5.74, 6) is -0.691. The molecule has 0 aliphatic heterocycles. The first-order valence-corrected chi connectivity index (χ1v) is 11.1. The smallest absolute Gasteiger partial charge is 0.311 e. The molecule has 2 N–H and O–H groups in total. The van der Waals surface area contributed by atoms with Gasteiger partial charge in [-0.05, 0) is 51.0 Å². The van der Waals surface area contributed by atoms with Crippen molar-refractivity contribution in [3.63, 3.8) is 0 Å². The fourth-order valence-electron chi connectivity index (χ4n) is 3.15. The van der Waals surface area contributed by atoms with Gasteiger partial charge in [0.2, 0.25) is 5.91 Å². The Balaban J connectivity index is 1.91. The van der Waals surface area contributed by atoms with Crippen molar-refractivity contribution in [3.05, 3.63) is 59.7 Å². The summed E-state index contributed by atoms with van der Waals surface area (Å²) < 4.78 is 16.2. The molecule has 8 nitrogen and oxygen atoms in total. The van der Waals surface area contributed by atoms with Gasteiger partial charge in [-0.1, -0.05) is 30.3 Å². The van der Waals surface area contributed by atoms with Crippen LogP contribution in [0.4, 0.5) is 0 Å². The molecule has 1 unspecified atom stereocenters. The number of hydrogen-bond acceptors (Lipinski definition) is 6. The molecule has 0 aromatic heterocycles. The molecule has 0 radical (unpaired) electrons. The van der Waals surface area contributed by atoms with E-state index in [0.29, 0.717) is 36.7 Å². The maximum Gasteiger partial charge on any atom is 0.311 e. The first-order chi connectivity index (χ1) is 16.0. The highest BCUT2D eigenvalue weighted by Crippen LogP contribution is 2.28. The lowest BCUT2D eigenvalue weighted by Gasteiger charge is -2.17. The molecule has 2 aromatic carbocycles. The van der Waals surface area contributed by atoms with Crippen molar-refractivity contribution in [1.29, 1.82) is 0 Å². The van der Waals surface area contributed by atoms with Crippen molar-refractivity contribution in [2.75, 3.05) is 32.9 Å². The number of amides is 2. The average molecular weight is 457 g/mol. The third-order valence-electron chi connectivity index (χ3n) is 4.71. The molecule has 0 bridgehead atoms. The number of rotatable bonds is 13. The summed E-state index contributed by atoms with van der Waals surface area (Å²) in [7, 11) is 0. The largest absolute Gasteiger partial charge is 0.490 e. The van der Waals surface area contributed by atoms with Gasteiger partial charge in [0.15, 0.2) is 11.5 Å². The van der Waals surface area contributed by atoms with Gasteiger partial charge in [-0.15, -0.1) is 0 Å². The molecule has 178 valence electrons. The summed E-state index contributed by atoms with van der Waals surface area (Å²) in [6, 6.07) is 14.4. The average Bonchev–Trinajstić information content (AvgIpc) is 2.82. The van der Waals surface area contributed by atoms with E-state index >= 15 is 0 Å². The van der Waals surface area contributed by atoms with E-state index in [1.807, 2.05) is 44.2 Å². The van der Waals surface area contributed by atoms with Crippen LogP contribution in [0.1, 0.15) is 36.7 Å². The van der Waals surface area contributed by atoms with Gasteiger partial charge in [0.1, 0.15) is 0 Å². The second kappa shape index (κ2) is 13.8. The molecule has 0 spiro atoms. The Bertz CT molecular complexity index is 916. The van der Waals surface area contributed by atoms with Crippen LogP contribution in [0.5, 0.6) is 11.5 Å². The van der Waals surface area contributed by atoms with Gasteiger partial charge in [0, 0.05) is 12.1 Å². The van der Waals surface area contributed by atoms with Crippen molar-refractivity contribution >= 4 is 17.8 Å². The zero-order valence-corrected chi connectivity index (χ0v) is 19.4. The summed E-state index contributed by atoms with van der Waals surface area (Å²) in [6.07, 6.45) is 0.443. The second-order valence-corrected chi connectivity index (χ2v) is 7.15. The van der Waals surface area contributed by atoms with Crippen LogP contribution in [0.3, 0.4) is 0 Å². The van der Waals surface area contributed by atoms with Gasteiger partial charge in [-0.25, -0.2) is 0 Å². The molecule has 2 aromatic rings. The number of benzene rings is 2. The third kappa shape index (κ3) is 8.48. The Morgan fingerprint density at radius 3 is 2.21 bits per heavy atom. The van der Waals surface area contributed by atoms with Crippen molar-refractivity contribution in [2.45, 2.75) is 27.2 Å². The van der Waals surface area contributed by atoms with E-state index in [0.717, 1.165) is 5.56 Å². The zero-order chi connectivity index (χ0) is 24.1. The van der Waals surface area contributed by atoms with E-state index in [2.05, 4.69) is 10.6 Å². The van der Waals surface area contributed by atoms with E-state index in [4.69, 9.17) is 14.2 Å². The van der Waals surface area contributed by atoms with E-state index in [-0.39, 0.29) is 25.7 Å². The molecule has 2 amide bonds. The lowest BCUT2D eigenvalue weighted by Crippen LogP contribution is -2.41. The Hall–Kier alpha value is -3.55. The monoisotopic (exact) mass is 456 g/mol. The van der Waals surface area contributed by atoms with Crippen LogP contribution < -0.4 is 20.1 Å². The lowest BCUT2D eigenvalue weighted by atomic mass is 9.99. The van der Waals surface area contributed by atoms with Crippen molar-refractivity contribution in [3.8, 4) is 11.5 Å².